The molecule has 0 bridgehead atoms. The third kappa shape index (κ3) is 5.81. The smallest absolute Gasteiger partial charge is 0.244 e. The highest BCUT2D eigenvalue weighted by Crippen LogP contribution is 2.38. The number of rotatable bonds is 10. The van der Waals surface area contributed by atoms with Gasteiger partial charge in [0.2, 0.25) is 11.7 Å². The van der Waals surface area contributed by atoms with Gasteiger partial charge in [-0.2, -0.15) is 0 Å². The van der Waals surface area contributed by atoms with Crippen LogP contribution >= 0.6 is 0 Å². The monoisotopic (exact) mass is 400 g/mol. The summed E-state index contributed by atoms with van der Waals surface area (Å²) in [5.41, 5.74) is 1.66. The van der Waals surface area contributed by atoms with Crippen LogP contribution in [0.4, 0.5) is 0 Å². The molecule has 7 nitrogen and oxygen atoms in total. The number of carbonyl (C=O) groups is 1. The number of hydrogen-bond donors (Lipinski definition) is 1. The average Bonchev–Trinajstić information content (AvgIpc) is 2.76. The summed E-state index contributed by atoms with van der Waals surface area (Å²) in [6.07, 6.45) is 5.01. The molecule has 0 saturated carbocycles. The number of nitrogens with one attached hydrogen (secondary N) is 1. The van der Waals surface area contributed by atoms with Crippen LogP contribution in [0.25, 0.3) is 6.08 Å². The number of methoxy groups -OCH3 is 5. The van der Waals surface area contributed by atoms with Crippen molar-refractivity contribution in [3.63, 3.8) is 0 Å². The maximum Gasteiger partial charge on any atom is 0.244 e. The van der Waals surface area contributed by atoms with E-state index in [0.29, 0.717) is 35.3 Å². The number of amides is 1. The molecule has 0 unspecified atom stereocenters. The summed E-state index contributed by atoms with van der Waals surface area (Å²) in [7, 11) is 7.79. The molecule has 1 radical (unpaired) electrons. The Bertz CT molecular complexity index is 837. The average molecular weight is 400 g/mol. The van der Waals surface area contributed by atoms with Crippen LogP contribution in [0.1, 0.15) is 11.1 Å². The molecule has 0 aliphatic carbocycles. The minimum Gasteiger partial charge on any atom is -0.493 e. The van der Waals surface area contributed by atoms with E-state index in [1.165, 1.54) is 13.2 Å². The lowest BCUT2D eigenvalue weighted by Gasteiger charge is -2.12. The Morgan fingerprint density at radius 2 is 1.38 bits per heavy atom. The van der Waals surface area contributed by atoms with E-state index in [9.17, 15) is 4.79 Å². The number of hydrogen-bond acceptors (Lipinski definition) is 6. The zero-order valence-electron chi connectivity index (χ0n) is 17.3. The van der Waals surface area contributed by atoms with Crippen LogP contribution < -0.4 is 29.0 Å². The van der Waals surface area contributed by atoms with E-state index in [-0.39, 0.29) is 5.91 Å². The van der Waals surface area contributed by atoms with Crippen LogP contribution in [-0.2, 0) is 4.79 Å². The van der Waals surface area contributed by atoms with Gasteiger partial charge in [-0.1, -0.05) is 6.07 Å². The van der Waals surface area contributed by atoms with Gasteiger partial charge in [0.15, 0.2) is 23.0 Å². The summed E-state index contributed by atoms with van der Waals surface area (Å²) >= 11 is 0. The zero-order chi connectivity index (χ0) is 21.2. The van der Waals surface area contributed by atoms with E-state index in [4.69, 9.17) is 23.7 Å². The highest BCUT2D eigenvalue weighted by molar-refractivity contribution is 5.92. The second kappa shape index (κ2) is 10.8. The van der Waals surface area contributed by atoms with Gasteiger partial charge < -0.3 is 29.0 Å². The van der Waals surface area contributed by atoms with E-state index in [0.717, 1.165) is 11.1 Å². The van der Waals surface area contributed by atoms with Crippen LogP contribution in [0.5, 0.6) is 28.7 Å². The molecule has 1 amide bonds. The molecule has 155 valence electrons. The first-order chi connectivity index (χ1) is 14.1. The van der Waals surface area contributed by atoms with E-state index in [1.54, 1.807) is 46.6 Å². The fourth-order valence-electron chi connectivity index (χ4n) is 2.68. The lowest BCUT2D eigenvalue weighted by molar-refractivity contribution is -0.116. The van der Waals surface area contributed by atoms with E-state index >= 15 is 0 Å². The minimum atomic E-state index is -0.226. The Hall–Kier alpha value is -3.35. The Balaban J connectivity index is 1.96. The third-order valence-corrected chi connectivity index (χ3v) is 4.14. The molecule has 2 aromatic carbocycles. The molecule has 0 aliphatic heterocycles. The standard InChI is InChI=1S/C22H26NO6/c1-25-17-8-6-15(12-18(17)26-2)10-11-23-21(24)9-7-16-13-19(27-3)22(29-5)20(14-16)28-4/h6-10,12-14H,11H2,1-5H3,(H,23,24)/b9-7+. The molecule has 7 heteroatoms. The van der Waals surface area contributed by atoms with Crippen molar-refractivity contribution in [3.8, 4) is 28.7 Å². The summed E-state index contributed by atoms with van der Waals surface area (Å²) in [5, 5.41) is 2.81. The molecule has 29 heavy (non-hydrogen) atoms. The predicted octanol–water partition coefficient (Wildman–Crippen LogP) is 3.11. The molecule has 0 heterocycles. The zero-order valence-corrected chi connectivity index (χ0v) is 17.3. The maximum absolute atomic E-state index is 12.1. The number of benzene rings is 2. The van der Waals surface area contributed by atoms with Crippen LogP contribution in [0.2, 0.25) is 0 Å². The van der Waals surface area contributed by atoms with Gasteiger partial charge in [-0.15, -0.1) is 0 Å². The van der Waals surface area contributed by atoms with Gasteiger partial charge in [-0.05, 0) is 41.5 Å². The molecule has 1 N–H and O–H groups in total. The SMILES string of the molecule is COc1ccc([CH]CNC(=O)/C=C/c2cc(OC)c(OC)c(OC)c2)cc1OC. The van der Waals surface area contributed by atoms with Crippen molar-refractivity contribution in [2.75, 3.05) is 42.1 Å². The second-order valence-corrected chi connectivity index (χ2v) is 5.86. The summed E-state index contributed by atoms with van der Waals surface area (Å²) in [4.78, 5) is 12.1. The van der Waals surface area contributed by atoms with Crippen molar-refractivity contribution in [1.29, 1.82) is 0 Å². The van der Waals surface area contributed by atoms with Crippen molar-refractivity contribution < 1.29 is 28.5 Å². The van der Waals surface area contributed by atoms with E-state index in [2.05, 4.69) is 5.32 Å². The van der Waals surface area contributed by atoms with Gasteiger partial charge in [0.25, 0.3) is 0 Å². The first kappa shape index (κ1) is 21.9. The molecule has 2 aromatic rings. The largest absolute Gasteiger partial charge is 0.493 e. The predicted molar refractivity (Wildman–Crippen MR) is 111 cm³/mol. The lowest BCUT2D eigenvalue weighted by atomic mass is 10.1. The molecule has 0 fully saturated rings. The molecular weight excluding hydrogens is 374 g/mol. The van der Waals surface area contributed by atoms with E-state index in [1.807, 2.05) is 24.6 Å². The van der Waals surface area contributed by atoms with Gasteiger partial charge >= 0.3 is 0 Å². The van der Waals surface area contributed by atoms with Crippen molar-refractivity contribution in [1.82, 2.24) is 5.32 Å². The molecule has 0 spiro atoms. The molecule has 0 aromatic heterocycles. The molecular formula is C22H26NO6. The Labute approximate surface area is 171 Å². The highest BCUT2D eigenvalue weighted by Gasteiger charge is 2.12. The van der Waals surface area contributed by atoms with Gasteiger partial charge in [-0.3, -0.25) is 4.79 Å². The summed E-state index contributed by atoms with van der Waals surface area (Å²) in [5.74, 6) is 2.61. The highest BCUT2D eigenvalue weighted by atomic mass is 16.5. The molecule has 0 saturated heterocycles. The maximum atomic E-state index is 12.1. The second-order valence-electron chi connectivity index (χ2n) is 5.86. The summed E-state index contributed by atoms with van der Waals surface area (Å²) < 4.78 is 26.4. The van der Waals surface area contributed by atoms with Gasteiger partial charge in [-0.25, -0.2) is 0 Å². The minimum absolute atomic E-state index is 0.226. The van der Waals surface area contributed by atoms with Gasteiger partial charge in [0.05, 0.1) is 35.5 Å². The lowest BCUT2D eigenvalue weighted by Crippen LogP contribution is -2.22. The first-order valence-corrected chi connectivity index (χ1v) is 8.87. The van der Waals surface area contributed by atoms with Crippen molar-refractivity contribution in [2.45, 2.75) is 0 Å². The topological polar surface area (TPSA) is 75.3 Å². The van der Waals surface area contributed by atoms with Crippen LogP contribution in [0.15, 0.2) is 36.4 Å². The Kier molecular flexibility index (Phi) is 8.21. The van der Waals surface area contributed by atoms with Crippen LogP contribution in [-0.4, -0.2) is 48.0 Å². The van der Waals surface area contributed by atoms with Crippen molar-refractivity contribution in [3.05, 3.63) is 54.0 Å². The third-order valence-electron chi connectivity index (χ3n) is 4.14. The number of carbonyl (C=O) groups excluding carboxylic acids is 1. The number of ether oxygens (including phenoxy) is 5. The molecule has 2 rings (SSSR count). The van der Waals surface area contributed by atoms with Crippen LogP contribution in [0.3, 0.4) is 0 Å². The van der Waals surface area contributed by atoms with Gasteiger partial charge in [0.1, 0.15) is 0 Å². The summed E-state index contributed by atoms with van der Waals surface area (Å²) in [6.45, 7) is 0.369. The first-order valence-electron chi connectivity index (χ1n) is 8.87. The summed E-state index contributed by atoms with van der Waals surface area (Å²) in [6, 6.07) is 9.08. The Morgan fingerprint density at radius 3 is 1.93 bits per heavy atom. The molecule has 0 aliphatic rings. The van der Waals surface area contributed by atoms with Crippen molar-refractivity contribution in [2.24, 2.45) is 0 Å². The Morgan fingerprint density at radius 1 is 0.793 bits per heavy atom. The normalized spacial score (nSPS) is 10.5. The van der Waals surface area contributed by atoms with E-state index < -0.39 is 0 Å². The van der Waals surface area contributed by atoms with Crippen molar-refractivity contribution >= 4 is 12.0 Å². The fourth-order valence-corrected chi connectivity index (χ4v) is 2.68. The van der Waals surface area contributed by atoms with Gasteiger partial charge in [0, 0.05) is 19.0 Å². The fraction of sp³-hybridized carbons (Fsp3) is 0.273. The van der Waals surface area contributed by atoms with Crippen LogP contribution in [0, 0.1) is 6.42 Å². The molecule has 0 atom stereocenters. The quantitative estimate of drug-likeness (QED) is 0.618.